The zero-order chi connectivity index (χ0) is 16.2. The van der Waals surface area contributed by atoms with Crippen LogP contribution in [0.2, 0.25) is 0 Å². The third-order valence-corrected chi connectivity index (χ3v) is 5.88. The van der Waals surface area contributed by atoms with E-state index in [4.69, 9.17) is 9.72 Å². The van der Waals surface area contributed by atoms with Crippen LogP contribution in [0.4, 0.5) is 0 Å². The molecule has 4 heteroatoms. The van der Waals surface area contributed by atoms with Gasteiger partial charge in [0.05, 0.1) is 0 Å². The van der Waals surface area contributed by atoms with E-state index >= 15 is 0 Å². The maximum Gasteiger partial charge on any atom is 0.112 e. The van der Waals surface area contributed by atoms with Gasteiger partial charge in [0.25, 0.3) is 0 Å². The van der Waals surface area contributed by atoms with Gasteiger partial charge in [-0.3, -0.25) is 0 Å². The average Bonchev–Trinajstić information content (AvgIpc) is 3.19. The van der Waals surface area contributed by atoms with Gasteiger partial charge in [-0.05, 0) is 32.1 Å². The largest absolute Gasteiger partial charge is 0.381 e. The van der Waals surface area contributed by atoms with Gasteiger partial charge in [0.2, 0.25) is 0 Å². The molecule has 0 aliphatic carbocycles. The van der Waals surface area contributed by atoms with Crippen molar-refractivity contribution in [3.8, 4) is 0 Å². The summed E-state index contributed by atoms with van der Waals surface area (Å²) in [6.45, 7) is 12.4. The molecular weight excluding hydrogens is 286 g/mol. The van der Waals surface area contributed by atoms with Crippen molar-refractivity contribution in [2.45, 2.75) is 64.8 Å². The van der Waals surface area contributed by atoms with Crippen LogP contribution in [0.5, 0.6) is 0 Å². The Morgan fingerprint density at radius 2 is 1.96 bits per heavy atom. The SMILES string of the molecule is CCC(CC)CN1CCC(n2c(C)cnc2C2CCOCC2)C1. The quantitative estimate of drug-likeness (QED) is 0.799. The van der Waals surface area contributed by atoms with Crippen molar-refractivity contribution in [2.75, 3.05) is 32.8 Å². The second-order valence-corrected chi connectivity index (χ2v) is 7.40. The molecule has 0 radical (unpaired) electrons. The topological polar surface area (TPSA) is 30.3 Å². The van der Waals surface area contributed by atoms with Crippen molar-refractivity contribution < 1.29 is 4.74 Å². The number of hydrogen-bond acceptors (Lipinski definition) is 3. The van der Waals surface area contributed by atoms with Crippen molar-refractivity contribution >= 4 is 0 Å². The van der Waals surface area contributed by atoms with Crippen LogP contribution < -0.4 is 0 Å². The highest BCUT2D eigenvalue weighted by Gasteiger charge is 2.30. The van der Waals surface area contributed by atoms with Crippen LogP contribution in [0.15, 0.2) is 6.20 Å². The lowest BCUT2D eigenvalue weighted by Crippen LogP contribution is -2.28. The molecule has 1 unspecified atom stereocenters. The molecule has 0 bridgehead atoms. The van der Waals surface area contributed by atoms with Crippen LogP contribution in [0, 0.1) is 12.8 Å². The fourth-order valence-electron chi connectivity index (χ4n) is 4.30. The van der Waals surface area contributed by atoms with E-state index in [-0.39, 0.29) is 0 Å². The van der Waals surface area contributed by atoms with E-state index in [2.05, 4.69) is 36.4 Å². The van der Waals surface area contributed by atoms with E-state index in [1.165, 1.54) is 50.4 Å². The van der Waals surface area contributed by atoms with Crippen molar-refractivity contribution in [2.24, 2.45) is 5.92 Å². The lowest BCUT2D eigenvalue weighted by molar-refractivity contribution is 0.0824. The fourth-order valence-corrected chi connectivity index (χ4v) is 4.30. The molecular formula is C19H33N3O. The Bertz CT molecular complexity index is 489. The van der Waals surface area contributed by atoms with Crippen LogP contribution in [-0.2, 0) is 4.74 Å². The summed E-state index contributed by atoms with van der Waals surface area (Å²) in [4.78, 5) is 7.47. The van der Waals surface area contributed by atoms with Gasteiger partial charge in [-0.2, -0.15) is 0 Å². The third kappa shape index (κ3) is 3.80. The lowest BCUT2D eigenvalue weighted by atomic mass is 9.99. The molecule has 2 aliphatic heterocycles. The summed E-state index contributed by atoms with van der Waals surface area (Å²) in [6, 6.07) is 0.615. The number of ether oxygens (including phenoxy) is 1. The molecule has 0 amide bonds. The molecule has 3 heterocycles. The van der Waals surface area contributed by atoms with Gasteiger partial charge in [0, 0.05) is 56.7 Å². The highest BCUT2D eigenvalue weighted by molar-refractivity contribution is 5.11. The summed E-state index contributed by atoms with van der Waals surface area (Å²) in [5.74, 6) is 2.76. The Labute approximate surface area is 141 Å². The van der Waals surface area contributed by atoms with E-state index in [1.54, 1.807) is 0 Å². The van der Waals surface area contributed by atoms with Crippen LogP contribution >= 0.6 is 0 Å². The van der Waals surface area contributed by atoms with Gasteiger partial charge in [-0.15, -0.1) is 0 Å². The first-order chi connectivity index (χ1) is 11.2. The van der Waals surface area contributed by atoms with Gasteiger partial charge in [0.1, 0.15) is 5.82 Å². The zero-order valence-corrected chi connectivity index (χ0v) is 15.1. The molecule has 4 nitrogen and oxygen atoms in total. The number of aromatic nitrogens is 2. The normalized spacial score (nSPS) is 23.9. The summed E-state index contributed by atoms with van der Waals surface area (Å²) in [7, 11) is 0. The van der Waals surface area contributed by atoms with Crippen LogP contribution in [0.25, 0.3) is 0 Å². The van der Waals surface area contributed by atoms with E-state index in [0.717, 1.165) is 32.0 Å². The molecule has 2 saturated heterocycles. The molecule has 130 valence electrons. The van der Waals surface area contributed by atoms with E-state index < -0.39 is 0 Å². The molecule has 3 rings (SSSR count). The molecule has 0 spiro atoms. The molecule has 0 N–H and O–H groups in total. The lowest BCUT2D eigenvalue weighted by Gasteiger charge is -2.26. The Balaban J connectivity index is 1.69. The molecule has 0 saturated carbocycles. The molecule has 1 aromatic heterocycles. The number of hydrogen-bond donors (Lipinski definition) is 0. The summed E-state index contributed by atoms with van der Waals surface area (Å²) in [6.07, 6.45) is 8.20. The number of likely N-dealkylation sites (tertiary alicyclic amines) is 1. The van der Waals surface area contributed by atoms with Gasteiger partial charge in [-0.1, -0.05) is 26.7 Å². The number of imidazole rings is 1. The maximum atomic E-state index is 5.53. The Morgan fingerprint density at radius 1 is 1.22 bits per heavy atom. The average molecular weight is 319 g/mol. The van der Waals surface area contributed by atoms with Crippen molar-refractivity contribution in [3.63, 3.8) is 0 Å². The van der Waals surface area contributed by atoms with E-state index in [9.17, 15) is 0 Å². The summed E-state index contributed by atoms with van der Waals surface area (Å²) in [5, 5.41) is 0. The minimum absolute atomic E-state index is 0.588. The Hall–Kier alpha value is -0.870. The van der Waals surface area contributed by atoms with Crippen molar-refractivity contribution in [1.82, 2.24) is 14.5 Å². The second kappa shape index (κ2) is 7.80. The van der Waals surface area contributed by atoms with E-state index in [0.29, 0.717) is 12.0 Å². The molecule has 0 aromatic carbocycles. The first kappa shape index (κ1) is 17.0. The molecule has 2 aliphatic rings. The molecule has 23 heavy (non-hydrogen) atoms. The Kier molecular flexibility index (Phi) is 5.76. The Morgan fingerprint density at radius 3 is 2.65 bits per heavy atom. The monoisotopic (exact) mass is 319 g/mol. The van der Waals surface area contributed by atoms with Gasteiger partial charge in [-0.25, -0.2) is 4.98 Å². The first-order valence-electron chi connectivity index (χ1n) is 9.56. The molecule has 2 fully saturated rings. The molecule has 1 atom stereocenters. The summed E-state index contributed by atoms with van der Waals surface area (Å²) < 4.78 is 8.09. The number of rotatable bonds is 6. The minimum atomic E-state index is 0.588. The van der Waals surface area contributed by atoms with Gasteiger partial charge in [0.15, 0.2) is 0 Å². The van der Waals surface area contributed by atoms with Crippen LogP contribution in [0.1, 0.15) is 69.4 Å². The maximum absolute atomic E-state index is 5.53. The van der Waals surface area contributed by atoms with Crippen molar-refractivity contribution in [1.29, 1.82) is 0 Å². The number of nitrogens with zero attached hydrogens (tertiary/aromatic N) is 3. The third-order valence-electron chi connectivity index (χ3n) is 5.88. The predicted molar refractivity (Wildman–Crippen MR) is 93.9 cm³/mol. The first-order valence-corrected chi connectivity index (χ1v) is 9.56. The van der Waals surface area contributed by atoms with Crippen LogP contribution in [0.3, 0.4) is 0 Å². The van der Waals surface area contributed by atoms with Gasteiger partial charge >= 0.3 is 0 Å². The van der Waals surface area contributed by atoms with Crippen molar-refractivity contribution in [3.05, 3.63) is 17.7 Å². The van der Waals surface area contributed by atoms with E-state index in [1.807, 2.05) is 0 Å². The van der Waals surface area contributed by atoms with Crippen LogP contribution in [-0.4, -0.2) is 47.3 Å². The smallest absolute Gasteiger partial charge is 0.112 e. The zero-order valence-electron chi connectivity index (χ0n) is 15.1. The number of aryl methyl sites for hydroxylation is 1. The highest BCUT2D eigenvalue weighted by atomic mass is 16.5. The predicted octanol–water partition coefficient (Wildman–Crippen LogP) is 3.77. The van der Waals surface area contributed by atoms with Gasteiger partial charge < -0.3 is 14.2 Å². The minimum Gasteiger partial charge on any atom is -0.381 e. The summed E-state index contributed by atoms with van der Waals surface area (Å²) >= 11 is 0. The summed E-state index contributed by atoms with van der Waals surface area (Å²) in [5.41, 5.74) is 1.33. The molecule has 1 aromatic rings. The second-order valence-electron chi connectivity index (χ2n) is 7.40. The fraction of sp³-hybridized carbons (Fsp3) is 0.842. The highest BCUT2D eigenvalue weighted by Crippen LogP contribution is 2.32. The standard InChI is InChI=1S/C19H33N3O/c1-4-16(5-2)13-21-9-6-18(14-21)22-15(3)12-20-19(22)17-7-10-23-11-8-17/h12,16-18H,4-11,13-14H2,1-3H3.